The molecule has 1 amide bonds. The van der Waals surface area contributed by atoms with E-state index in [1.54, 1.807) is 37.3 Å². The van der Waals surface area contributed by atoms with Crippen LogP contribution >= 0.6 is 0 Å². The van der Waals surface area contributed by atoms with Crippen molar-refractivity contribution < 1.29 is 14.4 Å². The Morgan fingerprint density at radius 2 is 1.80 bits per heavy atom. The van der Waals surface area contributed by atoms with Gasteiger partial charge >= 0.3 is 0 Å². The molecule has 0 aromatic heterocycles. The van der Waals surface area contributed by atoms with Gasteiger partial charge in [-0.05, 0) is 38.7 Å². The van der Waals surface area contributed by atoms with E-state index >= 15 is 0 Å². The molecular weight excluding hydrogens is 314 g/mol. The zero-order valence-corrected chi connectivity index (χ0v) is 14.7. The van der Waals surface area contributed by atoms with E-state index in [9.17, 15) is 14.4 Å². The van der Waals surface area contributed by atoms with E-state index in [4.69, 9.17) is 0 Å². The fourth-order valence-corrected chi connectivity index (χ4v) is 2.99. The molecule has 2 aliphatic carbocycles. The van der Waals surface area contributed by atoms with Crippen LogP contribution in [0.4, 0.5) is 0 Å². The number of carbonyl (C=O) groups is 3. The Bertz CT molecular complexity index is 797. The molecule has 4 heteroatoms. The lowest BCUT2D eigenvalue weighted by Gasteiger charge is -2.18. The van der Waals surface area contributed by atoms with Crippen molar-refractivity contribution in [2.75, 3.05) is 0 Å². The van der Waals surface area contributed by atoms with Crippen molar-refractivity contribution in [2.45, 2.75) is 52.0 Å². The minimum atomic E-state index is -0.180. The lowest BCUT2D eigenvalue weighted by Crippen LogP contribution is -2.28. The summed E-state index contributed by atoms with van der Waals surface area (Å²) in [7, 11) is 0. The number of hydrogen-bond acceptors (Lipinski definition) is 3. The van der Waals surface area contributed by atoms with Crippen LogP contribution in [-0.2, 0) is 4.79 Å². The number of nitrogens with one attached hydrogen (secondary N) is 1. The van der Waals surface area contributed by atoms with Crippen molar-refractivity contribution in [1.29, 1.82) is 0 Å². The van der Waals surface area contributed by atoms with Gasteiger partial charge in [-0.25, -0.2) is 0 Å². The Hall–Kier alpha value is -2.49. The van der Waals surface area contributed by atoms with E-state index < -0.39 is 0 Å². The highest BCUT2D eigenvalue weighted by Crippen LogP contribution is 2.28. The fraction of sp³-hybridized carbons (Fsp3) is 0.381. The molecule has 25 heavy (non-hydrogen) atoms. The summed E-state index contributed by atoms with van der Waals surface area (Å²) in [5.41, 5.74) is 2.21. The maximum Gasteiger partial charge on any atom is 0.247 e. The fourth-order valence-electron chi connectivity index (χ4n) is 2.99. The largest absolute Gasteiger partial charge is 0.350 e. The number of unbranched alkanes of at least 4 members (excludes halogenated alkanes) is 1. The normalized spacial score (nSPS) is 17.6. The summed E-state index contributed by atoms with van der Waals surface area (Å²) in [5, 5.41) is 2.99. The highest BCUT2D eigenvalue weighted by molar-refractivity contribution is 6.28. The molecule has 1 aromatic rings. The summed E-state index contributed by atoms with van der Waals surface area (Å²) in [6.45, 7) is 3.73. The molecule has 0 heterocycles. The average Bonchev–Trinajstić information content (AvgIpc) is 3.43. The molecule has 1 fully saturated rings. The lowest BCUT2D eigenvalue weighted by molar-refractivity contribution is -0.117. The molecule has 130 valence electrons. The second kappa shape index (κ2) is 7.18. The van der Waals surface area contributed by atoms with Gasteiger partial charge in [0, 0.05) is 33.9 Å². The summed E-state index contributed by atoms with van der Waals surface area (Å²) in [6.07, 6.45) is 6.10. The molecule has 1 aromatic carbocycles. The molecule has 3 rings (SSSR count). The number of fused-ring (bicyclic) bond motifs is 1. The standard InChI is InChI=1S/C21H23NO3/c1-3-4-7-14(21(25)22-15-10-11-15)12-18-13(2)19(23)16-8-5-6-9-17(16)20(18)24/h5-6,8-9,12,15H,3-4,7,10-11H2,1-2H3,(H,22,25)/b14-12+. The van der Waals surface area contributed by atoms with Crippen LogP contribution in [0.3, 0.4) is 0 Å². The minimum absolute atomic E-state index is 0.115. The Morgan fingerprint density at radius 1 is 1.16 bits per heavy atom. The summed E-state index contributed by atoms with van der Waals surface area (Å²) in [5.74, 6) is -0.435. The third kappa shape index (κ3) is 3.63. The van der Waals surface area contributed by atoms with E-state index in [0.29, 0.717) is 34.3 Å². The van der Waals surface area contributed by atoms with Gasteiger partial charge in [-0.3, -0.25) is 14.4 Å². The maximum absolute atomic E-state index is 12.9. The quantitative estimate of drug-likeness (QED) is 0.804. The predicted octanol–water partition coefficient (Wildman–Crippen LogP) is 3.78. The number of amides is 1. The molecule has 0 spiro atoms. The summed E-state index contributed by atoms with van der Waals surface area (Å²) >= 11 is 0. The molecule has 0 atom stereocenters. The molecule has 4 nitrogen and oxygen atoms in total. The lowest BCUT2D eigenvalue weighted by atomic mass is 9.83. The Labute approximate surface area is 148 Å². The number of benzene rings is 1. The van der Waals surface area contributed by atoms with Gasteiger partial charge in [-0.2, -0.15) is 0 Å². The zero-order valence-electron chi connectivity index (χ0n) is 14.7. The van der Waals surface area contributed by atoms with Crippen LogP contribution in [-0.4, -0.2) is 23.5 Å². The van der Waals surface area contributed by atoms with Crippen LogP contribution in [0.1, 0.15) is 66.7 Å². The number of carbonyl (C=O) groups excluding carboxylic acids is 3. The van der Waals surface area contributed by atoms with Crippen molar-refractivity contribution in [2.24, 2.45) is 0 Å². The Kier molecular flexibility index (Phi) is 4.98. The highest BCUT2D eigenvalue weighted by Gasteiger charge is 2.30. The third-order valence-corrected chi connectivity index (χ3v) is 4.73. The summed E-state index contributed by atoms with van der Waals surface area (Å²) < 4.78 is 0. The van der Waals surface area contributed by atoms with Crippen LogP contribution < -0.4 is 5.32 Å². The van der Waals surface area contributed by atoms with Crippen molar-refractivity contribution in [3.05, 3.63) is 58.2 Å². The molecule has 0 unspecified atom stereocenters. The predicted molar refractivity (Wildman–Crippen MR) is 96.6 cm³/mol. The first-order valence-electron chi connectivity index (χ1n) is 8.93. The summed E-state index contributed by atoms with van der Waals surface area (Å²) in [4.78, 5) is 38.0. The number of allylic oxidation sites excluding steroid dienone is 3. The third-order valence-electron chi connectivity index (χ3n) is 4.73. The van der Waals surface area contributed by atoms with Gasteiger partial charge in [0.15, 0.2) is 11.6 Å². The van der Waals surface area contributed by atoms with E-state index in [0.717, 1.165) is 25.7 Å². The van der Waals surface area contributed by atoms with Crippen LogP contribution in [0.15, 0.2) is 47.1 Å². The van der Waals surface area contributed by atoms with Crippen molar-refractivity contribution in [1.82, 2.24) is 5.32 Å². The number of Topliss-reactive ketones (excluding diaryl/α,β-unsaturated/α-hetero) is 2. The van der Waals surface area contributed by atoms with Gasteiger partial charge in [0.1, 0.15) is 0 Å². The molecule has 0 bridgehead atoms. The van der Waals surface area contributed by atoms with Gasteiger partial charge in [0.2, 0.25) is 5.91 Å². The first-order valence-corrected chi connectivity index (χ1v) is 8.93. The summed E-state index contributed by atoms with van der Waals surface area (Å²) in [6, 6.07) is 7.12. The van der Waals surface area contributed by atoms with Gasteiger partial charge in [-0.1, -0.05) is 37.6 Å². The van der Waals surface area contributed by atoms with Gasteiger partial charge in [-0.15, -0.1) is 0 Å². The monoisotopic (exact) mass is 337 g/mol. The second-order valence-electron chi connectivity index (χ2n) is 6.76. The first-order chi connectivity index (χ1) is 12.0. The SMILES string of the molecule is CCCC/C(=C\C1=C(C)C(=O)c2ccccc2C1=O)C(=O)NC1CC1. The van der Waals surface area contributed by atoms with Gasteiger partial charge in [0.05, 0.1) is 0 Å². The molecule has 0 aliphatic heterocycles. The molecule has 0 saturated heterocycles. The second-order valence-corrected chi connectivity index (χ2v) is 6.76. The minimum Gasteiger partial charge on any atom is -0.350 e. The number of rotatable bonds is 6. The number of hydrogen-bond donors (Lipinski definition) is 1. The Morgan fingerprint density at radius 3 is 2.40 bits per heavy atom. The Balaban J connectivity index is 1.97. The topological polar surface area (TPSA) is 63.2 Å². The van der Waals surface area contributed by atoms with Gasteiger partial charge in [0.25, 0.3) is 0 Å². The van der Waals surface area contributed by atoms with Crippen LogP contribution in [0.2, 0.25) is 0 Å². The maximum atomic E-state index is 12.9. The number of ketones is 2. The van der Waals surface area contributed by atoms with E-state index in [2.05, 4.69) is 12.2 Å². The van der Waals surface area contributed by atoms with Crippen molar-refractivity contribution in [3.63, 3.8) is 0 Å². The average molecular weight is 337 g/mol. The van der Waals surface area contributed by atoms with Crippen LogP contribution in [0, 0.1) is 0 Å². The molecule has 0 radical (unpaired) electrons. The van der Waals surface area contributed by atoms with E-state index in [-0.39, 0.29) is 23.5 Å². The molecule has 1 N–H and O–H groups in total. The van der Waals surface area contributed by atoms with E-state index in [1.807, 2.05) is 0 Å². The van der Waals surface area contributed by atoms with Crippen LogP contribution in [0.25, 0.3) is 0 Å². The van der Waals surface area contributed by atoms with Crippen molar-refractivity contribution in [3.8, 4) is 0 Å². The first kappa shape index (κ1) is 17.3. The van der Waals surface area contributed by atoms with Gasteiger partial charge < -0.3 is 5.32 Å². The molecule has 1 saturated carbocycles. The molecule has 2 aliphatic rings. The smallest absolute Gasteiger partial charge is 0.247 e. The zero-order chi connectivity index (χ0) is 18.0. The molecular formula is C21H23NO3. The van der Waals surface area contributed by atoms with E-state index in [1.165, 1.54) is 0 Å². The van der Waals surface area contributed by atoms with Crippen molar-refractivity contribution >= 4 is 17.5 Å². The van der Waals surface area contributed by atoms with Crippen LogP contribution in [0.5, 0.6) is 0 Å². The highest BCUT2D eigenvalue weighted by atomic mass is 16.2.